The van der Waals surface area contributed by atoms with Gasteiger partial charge in [-0.3, -0.25) is 9.36 Å². The highest BCUT2D eigenvalue weighted by Crippen LogP contribution is 2.42. The second kappa shape index (κ2) is 8.45. The third-order valence-corrected chi connectivity index (χ3v) is 6.52. The number of nitrogens with one attached hydrogen (secondary N) is 1. The molecule has 0 bridgehead atoms. The number of carbonyl (C=O) groups is 1. The maximum Gasteiger partial charge on any atom is 0.233 e. The molecule has 8 heteroatoms. The lowest BCUT2D eigenvalue weighted by molar-refractivity contribution is -0.120. The van der Waals surface area contributed by atoms with Crippen molar-refractivity contribution in [1.29, 1.82) is 0 Å². The Balaban J connectivity index is 1.36. The van der Waals surface area contributed by atoms with Crippen molar-refractivity contribution in [3.8, 4) is 10.7 Å². The molecule has 28 heavy (non-hydrogen) atoms. The highest BCUT2D eigenvalue weighted by atomic mass is 32.2. The first-order valence-corrected chi connectivity index (χ1v) is 11.1. The Bertz CT molecular complexity index is 936. The standard InChI is InChI=1S/C20H21FN4OS2/c1-13(19(26)22-11-10-14-4-6-15(21)7-5-14)28-20-24-23-18(17-3-2-12-27-17)25(20)16-8-9-16/h2-7,12-13,16H,8-11H2,1H3,(H,22,26)/t13-/m1/s1. The number of benzene rings is 1. The van der Waals surface area contributed by atoms with Crippen LogP contribution >= 0.6 is 23.1 Å². The lowest BCUT2D eigenvalue weighted by Gasteiger charge is -2.13. The second-order valence-electron chi connectivity index (χ2n) is 6.81. The van der Waals surface area contributed by atoms with Gasteiger partial charge in [0.25, 0.3) is 0 Å². The predicted molar refractivity (Wildman–Crippen MR) is 110 cm³/mol. The molecule has 0 spiro atoms. The van der Waals surface area contributed by atoms with E-state index in [9.17, 15) is 9.18 Å². The molecule has 1 aliphatic rings. The Morgan fingerprint density at radius 3 is 2.79 bits per heavy atom. The largest absolute Gasteiger partial charge is 0.355 e. The minimum Gasteiger partial charge on any atom is -0.355 e. The van der Waals surface area contributed by atoms with Gasteiger partial charge in [-0.05, 0) is 55.3 Å². The van der Waals surface area contributed by atoms with Gasteiger partial charge in [0.05, 0.1) is 10.1 Å². The molecular weight excluding hydrogens is 395 g/mol. The Hall–Kier alpha value is -2.19. The first kappa shape index (κ1) is 19.1. The van der Waals surface area contributed by atoms with Gasteiger partial charge in [0, 0.05) is 12.6 Å². The molecule has 1 aliphatic carbocycles. The molecule has 146 valence electrons. The third kappa shape index (κ3) is 4.44. The lowest BCUT2D eigenvalue weighted by atomic mass is 10.1. The van der Waals surface area contributed by atoms with Crippen molar-refractivity contribution >= 4 is 29.0 Å². The first-order chi connectivity index (χ1) is 13.6. The third-order valence-electron chi connectivity index (χ3n) is 4.60. The van der Waals surface area contributed by atoms with Crippen molar-refractivity contribution in [2.45, 2.75) is 42.6 Å². The fourth-order valence-electron chi connectivity index (χ4n) is 2.93. The van der Waals surface area contributed by atoms with Crippen LogP contribution in [-0.4, -0.2) is 32.5 Å². The number of hydrogen-bond donors (Lipinski definition) is 1. The molecular formula is C20H21FN4OS2. The summed E-state index contributed by atoms with van der Waals surface area (Å²) >= 11 is 3.09. The molecule has 0 aliphatic heterocycles. The average molecular weight is 417 g/mol. The average Bonchev–Trinajstić information content (AvgIpc) is 3.21. The van der Waals surface area contributed by atoms with Gasteiger partial charge in [-0.1, -0.05) is 30.0 Å². The van der Waals surface area contributed by atoms with Gasteiger partial charge in [0.1, 0.15) is 5.82 Å². The Kier molecular flexibility index (Phi) is 5.77. The van der Waals surface area contributed by atoms with Gasteiger partial charge in [-0.25, -0.2) is 4.39 Å². The summed E-state index contributed by atoms with van der Waals surface area (Å²) in [5.41, 5.74) is 0.996. The number of aromatic nitrogens is 3. The molecule has 1 fully saturated rings. The van der Waals surface area contributed by atoms with E-state index in [2.05, 4.69) is 20.1 Å². The van der Waals surface area contributed by atoms with Crippen molar-refractivity contribution in [3.63, 3.8) is 0 Å². The molecule has 1 N–H and O–H groups in total. The van der Waals surface area contributed by atoms with Gasteiger partial charge in [-0.15, -0.1) is 21.5 Å². The molecule has 3 aromatic rings. The van der Waals surface area contributed by atoms with E-state index in [0.717, 1.165) is 34.3 Å². The zero-order valence-electron chi connectivity index (χ0n) is 15.5. The highest BCUT2D eigenvalue weighted by Gasteiger charge is 2.31. The van der Waals surface area contributed by atoms with Gasteiger partial charge >= 0.3 is 0 Å². The van der Waals surface area contributed by atoms with E-state index in [4.69, 9.17) is 0 Å². The molecule has 5 nitrogen and oxygen atoms in total. The summed E-state index contributed by atoms with van der Waals surface area (Å²) < 4.78 is 15.1. The Morgan fingerprint density at radius 2 is 2.11 bits per heavy atom. The molecule has 1 amide bonds. The number of halogens is 1. The van der Waals surface area contributed by atoms with Crippen molar-refractivity contribution in [1.82, 2.24) is 20.1 Å². The highest BCUT2D eigenvalue weighted by molar-refractivity contribution is 8.00. The van der Waals surface area contributed by atoms with Crippen LogP contribution in [0, 0.1) is 5.82 Å². The smallest absolute Gasteiger partial charge is 0.233 e. The number of carbonyl (C=O) groups excluding carboxylic acids is 1. The molecule has 2 heterocycles. The fourth-order valence-corrected chi connectivity index (χ4v) is 4.58. The summed E-state index contributed by atoms with van der Waals surface area (Å²) in [6, 6.07) is 10.8. The van der Waals surface area contributed by atoms with Crippen LogP contribution in [-0.2, 0) is 11.2 Å². The van der Waals surface area contributed by atoms with E-state index in [1.54, 1.807) is 23.5 Å². The topological polar surface area (TPSA) is 59.8 Å². The van der Waals surface area contributed by atoms with Crippen LogP contribution in [0.1, 0.15) is 31.4 Å². The number of thiophene rings is 1. The van der Waals surface area contributed by atoms with Crippen molar-refractivity contribution in [2.24, 2.45) is 0 Å². The lowest BCUT2D eigenvalue weighted by Crippen LogP contribution is -2.32. The van der Waals surface area contributed by atoms with Crippen LogP contribution in [0.15, 0.2) is 46.9 Å². The summed E-state index contributed by atoms with van der Waals surface area (Å²) in [6.07, 6.45) is 2.93. The van der Waals surface area contributed by atoms with Crippen molar-refractivity contribution in [2.75, 3.05) is 6.54 Å². The van der Waals surface area contributed by atoms with Gasteiger partial charge < -0.3 is 5.32 Å². The quantitative estimate of drug-likeness (QED) is 0.556. The zero-order valence-corrected chi connectivity index (χ0v) is 17.1. The van der Waals surface area contributed by atoms with Crippen LogP contribution in [0.4, 0.5) is 4.39 Å². The molecule has 1 aromatic carbocycles. The van der Waals surface area contributed by atoms with Gasteiger partial charge in [-0.2, -0.15) is 0 Å². The number of thioether (sulfide) groups is 1. The minimum absolute atomic E-state index is 0.0323. The predicted octanol–water partition coefficient (Wildman–Crippen LogP) is 4.32. The SMILES string of the molecule is C[C@@H](Sc1nnc(-c2cccs2)n1C1CC1)C(=O)NCCc1ccc(F)cc1. The summed E-state index contributed by atoms with van der Waals surface area (Å²) in [6.45, 7) is 2.40. The van der Waals surface area contributed by atoms with Crippen molar-refractivity contribution in [3.05, 3.63) is 53.2 Å². The van der Waals surface area contributed by atoms with Crippen LogP contribution < -0.4 is 5.32 Å². The van der Waals surface area contributed by atoms with E-state index < -0.39 is 0 Å². The molecule has 2 aromatic heterocycles. The van der Waals surface area contributed by atoms with Crippen LogP contribution in [0.3, 0.4) is 0 Å². The Labute approximate surface area is 171 Å². The molecule has 1 atom stereocenters. The summed E-state index contributed by atoms with van der Waals surface area (Å²) in [7, 11) is 0. The molecule has 0 saturated heterocycles. The number of rotatable bonds is 8. The number of hydrogen-bond acceptors (Lipinski definition) is 5. The fraction of sp³-hybridized carbons (Fsp3) is 0.350. The van der Waals surface area contributed by atoms with Crippen LogP contribution in [0.2, 0.25) is 0 Å². The first-order valence-electron chi connectivity index (χ1n) is 9.29. The summed E-state index contributed by atoms with van der Waals surface area (Å²) in [4.78, 5) is 13.6. The van der Waals surface area contributed by atoms with Gasteiger partial charge in [0.15, 0.2) is 11.0 Å². The Morgan fingerprint density at radius 1 is 1.32 bits per heavy atom. The van der Waals surface area contributed by atoms with E-state index in [1.807, 2.05) is 24.4 Å². The monoisotopic (exact) mass is 416 g/mol. The normalized spacial score (nSPS) is 14.8. The number of amides is 1. The minimum atomic E-state index is -0.272. The summed E-state index contributed by atoms with van der Waals surface area (Å²) in [5.74, 6) is 0.610. The van der Waals surface area contributed by atoms with E-state index in [0.29, 0.717) is 19.0 Å². The van der Waals surface area contributed by atoms with E-state index >= 15 is 0 Å². The van der Waals surface area contributed by atoms with E-state index in [1.165, 1.54) is 23.9 Å². The molecule has 4 rings (SSSR count). The molecule has 1 saturated carbocycles. The van der Waals surface area contributed by atoms with Crippen LogP contribution in [0.25, 0.3) is 10.7 Å². The summed E-state index contributed by atoms with van der Waals surface area (Å²) in [5, 5.41) is 14.3. The molecule has 0 radical (unpaired) electrons. The maximum absolute atomic E-state index is 13.0. The van der Waals surface area contributed by atoms with Crippen molar-refractivity contribution < 1.29 is 9.18 Å². The number of nitrogens with zero attached hydrogens (tertiary/aromatic N) is 3. The van der Waals surface area contributed by atoms with Crippen LogP contribution in [0.5, 0.6) is 0 Å². The van der Waals surface area contributed by atoms with E-state index in [-0.39, 0.29) is 17.0 Å². The second-order valence-corrected chi connectivity index (χ2v) is 9.07. The zero-order chi connectivity index (χ0) is 19.5. The maximum atomic E-state index is 13.0. The van der Waals surface area contributed by atoms with Gasteiger partial charge in [0.2, 0.25) is 5.91 Å². The molecule has 0 unspecified atom stereocenters.